The summed E-state index contributed by atoms with van der Waals surface area (Å²) in [5.74, 6) is 0. The fraction of sp³-hybridized carbons (Fsp3) is 1.00. The van der Waals surface area contributed by atoms with Crippen molar-refractivity contribution < 1.29 is 0 Å². The highest BCUT2D eigenvalue weighted by molar-refractivity contribution is 6.48. The van der Waals surface area contributed by atoms with Gasteiger partial charge in [-0.05, 0) is 14.1 Å². The first-order valence-electron chi connectivity index (χ1n) is 6.70. The molecule has 2 fully saturated rings. The van der Waals surface area contributed by atoms with Crippen molar-refractivity contribution in [3.05, 3.63) is 0 Å². The first-order valence-corrected chi connectivity index (χ1v) is 7.45. The largest absolute Gasteiger partial charge is 0.304 e. The van der Waals surface area contributed by atoms with Gasteiger partial charge in [-0.1, -0.05) is 23.2 Å². The SMILES string of the molecule is CN1CCN2CCN(C)CC(Cl)(Cl)N(CC1)CC2. The van der Waals surface area contributed by atoms with Crippen molar-refractivity contribution in [2.75, 3.05) is 73.0 Å². The van der Waals surface area contributed by atoms with Crippen molar-refractivity contribution in [2.45, 2.75) is 4.46 Å². The Balaban J connectivity index is 2.15. The Morgan fingerprint density at radius 1 is 0.722 bits per heavy atom. The van der Waals surface area contributed by atoms with E-state index in [0.29, 0.717) is 6.54 Å². The van der Waals surface area contributed by atoms with Gasteiger partial charge in [-0.3, -0.25) is 9.80 Å². The second kappa shape index (κ2) is 6.25. The smallest absolute Gasteiger partial charge is 0.184 e. The lowest BCUT2D eigenvalue weighted by molar-refractivity contribution is 0.171. The van der Waals surface area contributed by atoms with Crippen LogP contribution in [0.15, 0.2) is 0 Å². The number of hydrogen-bond donors (Lipinski definition) is 0. The monoisotopic (exact) mass is 294 g/mol. The van der Waals surface area contributed by atoms with Crippen LogP contribution in [0, 0.1) is 0 Å². The van der Waals surface area contributed by atoms with E-state index in [1.165, 1.54) is 0 Å². The van der Waals surface area contributed by atoms with Gasteiger partial charge in [0.25, 0.3) is 0 Å². The summed E-state index contributed by atoms with van der Waals surface area (Å²) in [7, 11) is 4.27. The highest BCUT2D eigenvalue weighted by Crippen LogP contribution is 2.27. The number of fused-ring (bicyclic) bond motifs is 3. The first-order chi connectivity index (χ1) is 8.47. The zero-order chi connectivity index (χ0) is 13.2. The van der Waals surface area contributed by atoms with Crippen LogP contribution in [0.25, 0.3) is 0 Å². The lowest BCUT2D eigenvalue weighted by Gasteiger charge is -2.36. The topological polar surface area (TPSA) is 13.0 Å². The lowest BCUT2D eigenvalue weighted by atomic mass is 10.4. The molecule has 2 heterocycles. The van der Waals surface area contributed by atoms with Crippen LogP contribution in [0.2, 0.25) is 0 Å². The molecule has 2 bridgehead atoms. The second-order valence-electron chi connectivity index (χ2n) is 5.54. The zero-order valence-electron chi connectivity index (χ0n) is 11.4. The first kappa shape index (κ1) is 14.8. The Morgan fingerprint density at radius 2 is 1.22 bits per heavy atom. The van der Waals surface area contributed by atoms with Gasteiger partial charge in [0.2, 0.25) is 0 Å². The molecule has 0 aromatic rings. The van der Waals surface area contributed by atoms with E-state index in [0.717, 1.165) is 52.4 Å². The minimum atomic E-state index is -0.768. The second-order valence-corrected chi connectivity index (χ2v) is 6.98. The Hall–Kier alpha value is 0.420. The van der Waals surface area contributed by atoms with Crippen molar-refractivity contribution in [1.29, 1.82) is 0 Å². The number of alkyl halides is 2. The zero-order valence-corrected chi connectivity index (χ0v) is 12.9. The highest BCUT2D eigenvalue weighted by Gasteiger charge is 2.35. The van der Waals surface area contributed by atoms with Crippen molar-refractivity contribution in [3.8, 4) is 0 Å². The normalized spacial score (nSPS) is 36.0. The van der Waals surface area contributed by atoms with Crippen LogP contribution >= 0.6 is 23.2 Å². The molecule has 0 aromatic heterocycles. The number of rotatable bonds is 0. The maximum Gasteiger partial charge on any atom is 0.184 e. The van der Waals surface area contributed by atoms with E-state index in [-0.39, 0.29) is 0 Å². The summed E-state index contributed by atoms with van der Waals surface area (Å²) >= 11 is 13.1. The quantitative estimate of drug-likeness (QED) is 0.479. The van der Waals surface area contributed by atoms with Gasteiger partial charge >= 0.3 is 0 Å². The maximum absolute atomic E-state index is 6.55. The highest BCUT2D eigenvalue weighted by atomic mass is 35.5. The van der Waals surface area contributed by atoms with Gasteiger partial charge in [0.1, 0.15) is 0 Å². The van der Waals surface area contributed by atoms with Crippen LogP contribution in [-0.4, -0.2) is 97.1 Å². The number of nitrogens with zero attached hydrogens (tertiary/aromatic N) is 4. The van der Waals surface area contributed by atoms with E-state index in [9.17, 15) is 0 Å². The molecule has 2 aliphatic rings. The van der Waals surface area contributed by atoms with E-state index < -0.39 is 4.46 Å². The molecule has 0 aliphatic carbocycles. The van der Waals surface area contributed by atoms with Gasteiger partial charge in [0.05, 0.1) is 0 Å². The van der Waals surface area contributed by atoms with Crippen molar-refractivity contribution in [2.24, 2.45) is 0 Å². The van der Waals surface area contributed by atoms with Crippen molar-refractivity contribution in [3.63, 3.8) is 0 Å². The number of halogens is 2. The molecule has 2 saturated heterocycles. The van der Waals surface area contributed by atoms with Crippen LogP contribution in [0.5, 0.6) is 0 Å². The Labute approximate surface area is 120 Å². The minimum Gasteiger partial charge on any atom is -0.304 e. The summed E-state index contributed by atoms with van der Waals surface area (Å²) in [5, 5.41) is 0. The molecule has 0 aromatic carbocycles. The Kier molecular flexibility index (Phi) is 5.14. The number of hydrogen-bond acceptors (Lipinski definition) is 4. The van der Waals surface area contributed by atoms with Gasteiger partial charge in [-0.2, -0.15) is 0 Å². The summed E-state index contributed by atoms with van der Waals surface area (Å²) in [5.41, 5.74) is 0. The molecule has 0 amide bonds. The van der Waals surface area contributed by atoms with E-state index >= 15 is 0 Å². The molecule has 106 valence electrons. The van der Waals surface area contributed by atoms with Crippen LogP contribution < -0.4 is 0 Å². The molecular weight excluding hydrogens is 271 g/mol. The summed E-state index contributed by atoms with van der Waals surface area (Å²) in [6, 6.07) is 0. The van der Waals surface area contributed by atoms with Gasteiger partial charge in [-0.25, -0.2) is 0 Å². The standard InChI is InChI=1S/C12H24Cl2N4/c1-15-3-6-17-7-4-16(2)11-12(13,14)18(9-5-15)10-8-17/h3-11H2,1-2H3. The third-order valence-electron chi connectivity index (χ3n) is 3.96. The molecule has 6 heteroatoms. The predicted octanol–water partition coefficient (Wildman–Crippen LogP) is 0.613. The summed E-state index contributed by atoms with van der Waals surface area (Å²) in [6.45, 7) is 9.06. The third kappa shape index (κ3) is 3.95. The molecule has 2 rings (SSSR count). The van der Waals surface area contributed by atoms with Crippen molar-refractivity contribution in [1.82, 2.24) is 19.6 Å². The van der Waals surface area contributed by atoms with E-state index in [1.54, 1.807) is 0 Å². The number of likely N-dealkylation sites (N-methyl/N-ethyl adjacent to an activating group) is 2. The van der Waals surface area contributed by atoms with Crippen LogP contribution in [-0.2, 0) is 0 Å². The van der Waals surface area contributed by atoms with Gasteiger partial charge in [0, 0.05) is 58.9 Å². The minimum absolute atomic E-state index is 0.702. The molecule has 2 unspecified atom stereocenters. The molecule has 4 nitrogen and oxygen atoms in total. The van der Waals surface area contributed by atoms with E-state index in [4.69, 9.17) is 23.2 Å². The average Bonchev–Trinajstić information content (AvgIpc) is 2.40. The van der Waals surface area contributed by atoms with E-state index in [2.05, 4.69) is 33.7 Å². The van der Waals surface area contributed by atoms with Crippen LogP contribution in [0.4, 0.5) is 0 Å². The molecule has 0 radical (unpaired) electrons. The average molecular weight is 295 g/mol. The Morgan fingerprint density at radius 3 is 1.94 bits per heavy atom. The maximum atomic E-state index is 6.55. The summed E-state index contributed by atoms with van der Waals surface area (Å²) < 4.78 is -0.768. The molecule has 2 atom stereocenters. The van der Waals surface area contributed by atoms with Crippen LogP contribution in [0.1, 0.15) is 0 Å². The molecule has 18 heavy (non-hydrogen) atoms. The molecule has 0 spiro atoms. The van der Waals surface area contributed by atoms with Gasteiger partial charge in [-0.15, -0.1) is 0 Å². The lowest BCUT2D eigenvalue weighted by Crippen LogP contribution is -2.50. The van der Waals surface area contributed by atoms with Gasteiger partial charge < -0.3 is 9.80 Å². The predicted molar refractivity (Wildman–Crippen MR) is 77.4 cm³/mol. The third-order valence-corrected chi connectivity index (χ3v) is 4.67. The summed E-state index contributed by atoms with van der Waals surface area (Å²) in [6.07, 6.45) is 0. The Bertz CT molecular complexity index is 275. The summed E-state index contributed by atoms with van der Waals surface area (Å²) in [4.78, 5) is 9.32. The molecule has 0 N–H and O–H groups in total. The fourth-order valence-electron chi connectivity index (χ4n) is 2.57. The molecular formula is C12H24Cl2N4. The van der Waals surface area contributed by atoms with E-state index in [1.807, 2.05) is 0 Å². The van der Waals surface area contributed by atoms with Gasteiger partial charge in [0.15, 0.2) is 4.46 Å². The molecule has 0 saturated carbocycles. The molecule has 2 aliphatic heterocycles. The fourth-order valence-corrected chi connectivity index (χ4v) is 3.31. The van der Waals surface area contributed by atoms with Crippen LogP contribution in [0.3, 0.4) is 0 Å². The van der Waals surface area contributed by atoms with Crippen molar-refractivity contribution >= 4 is 23.2 Å².